The number of hydrogen-bond donors (Lipinski definition) is 2. The van der Waals surface area contributed by atoms with Gasteiger partial charge in [0.25, 0.3) is 11.5 Å². The molecule has 0 fully saturated rings. The summed E-state index contributed by atoms with van der Waals surface area (Å²) in [6.07, 6.45) is -3.47. The lowest BCUT2D eigenvalue weighted by molar-refractivity contribution is -0.137. The van der Waals surface area contributed by atoms with Crippen molar-refractivity contribution < 1.29 is 31.9 Å². The van der Waals surface area contributed by atoms with E-state index in [0.717, 1.165) is 12.3 Å². The van der Waals surface area contributed by atoms with E-state index in [1.807, 2.05) is 4.57 Å². The number of carbonyl (C=O) groups excluding carboxylic acids is 2. The fourth-order valence-corrected chi connectivity index (χ4v) is 4.41. The number of aryl methyl sites for hydroxylation is 1. The molecule has 3 aliphatic heterocycles. The molecule has 41 heavy (non-hydrogen) atoms. The van der Waals surface area contributed by atoms with Crippen molar-refractivity contribution >= 4 is 23.5 Å². The Kier molecular flexibility index (Phi) is 7.15. The van der Waals surface area contributed by atoms with Gasteiger partial charge in [-0.1, -0.05) is 0 Å². The molecule has 10 nitrogen and oxygen atoms in total. The van der Waals surface area contributed by atoms with E-state index in [9.17, 15) is 27.2 Å². The molecule has 0 radical (unpaired) electrons. The van der Waals surface area contributed by atoms with Crippen molar-refractivity contribution in [3.8, 4) is 22.5 Å². The lowest BCUT2D eigenvalue weighted by Gasteiger charge is -2.19. The van der Waals surface area contributed by atoms with Crippen LogP contribution in [0.2, 0.25) is 0 Å². The lowest BCUT2D eigenvalue weighted by atomic mass is 9.98. The van der Waals surface area contributed by atoms with Crippen LogP contribution in [0.1, 0.15) is 35.5 Å². The quantitative estimate of drug-likeness (QED) is 0.330. The van der Waals surface area contributed by atoms with E-state index in [0.29, 0.717) is 53.1 Å². The summed E-state index contributed by atoms with van der Waals surface area (Å²) in [4.78, 5) is 40.7. The van der Waals surface area contributed by atoms with Crippen molar-refractivity contribution in [2.75, 3.05) is 17.2 Å². The van der Waals surface area contributed by atoms with Crippen LogP contribution in [0.15, 0.2) is 47.7 Å². The number of alkyl halides is 3. The zero-order chi connectivity index (χ0) is 29.5. The maximum Gasteiger partial charge on any atom is 0.437 e. The van der Waals surface area contributed by atoms with Gasteiger partial charge in [-0.2, -0.15) is 18.2 Å². The highest BCUT2D eigenvalue weighted by Crippen LogP contribution is 2.39. The van der Waals surface area contributed by atoms with E-state index in [1.165, 1.54) is 18.3 Å². The molecule has 0 spiro atoms. The highest BCUT2D eigenvalue weighted by molar-refractivity contribution is 6.03. The number of aromatic nitrogens is 4. The fraction of sp³-hybridized carbons (Fsp3) is 0.259. The van der Waals surface area contributed by atoms with Crippen LogP contribution >= 0.6 is 0 Å². The number of pyridine rings is 2. The molecule has 0 atom stereocenters. The molecule has 1 aromatic heterocycles. The summed E-state index contributed by atoms with van der Waals surface area (Å²) >= 11 is 0. The molecule has 0 aliphatic carbocycles. The van der Waals surface area contributed by atoms with E-state index in [4.69, 9.17) is 4.74 Å². The largest absolute Gasteiger partial charge is 0.445 e. The van der Waals surface area contributed by atoms with Gasteiger partial charge in [-0.25, -0.2) is 14.2 Å². The first-order chi connectivity index (χ1) is 19.4. The van der Waals surface area contributed by atoms with Crippen molar-refractivity contribution in [1.29, 1.82) is 0 Å². The fourth-order valence-electron chi connectivity index (χ4n) is 4.41. The van der Waals surface area contributed by atoms with Crippen LogP contribution in [-0.2, 0) is 17.5 Å². The molecule has 1 aromatic carbocycles. The number of anilines is 2. The normalized spacial score (nSPS) is 13.3. The number of halogens is 4. The molecule has 0 saturated carbocycles. The van der Waals surface area contributed by atoms with Crippen LogP contribution in [0.5, 0.6) is 0 Å². The van der Waals surface area contributed by atoms with Gasteiger partial charge in [-0.15, -0.1) is 4.99 Å². The topological polar surface area (TPSA) is 123 Å². The predicted molar refractivity (Wildman–Crippen MR) is 140 cm³/mol. The zero-order valence-electron chi connectivity index (χ0n) is 22.0. The number of amides is 2. The molecule has 2 aromatic rings. The second-order valence-electron chi connectivity index (χ2n) is 9.51. The Morgan fingerprint density at radius 3 is 2.66 bits per heavy atom. The molecule has 0 bridgehead atoms. The van der Waals surface area contributed by atoms with Gasteiger partial charge in [0.2, 0.25) is 0 Å². The summed E-state index contributed by atoms with van der Waals surface area (Å²) in [5.74, 6) is -0.614. The van der Waals surface area contributed by atoms with Crippen LogP contribution in [0, 0.1) is 12.7 Å². The Morgan fingerprint density at radius 1 is 1.15 bits per heavy atom. The van der Waals surface area contributed by atoms with E-state index in [2.05, 4.69) is 30.6 Å². The molecule has 14 heteroatoms. The first-order valence-electron chi connectivity index (χ1n) is 12.5. The van der Waals surface area contributed by atoms with Crippen molar-refractivity contribution in [2.45, 2.75) is 39.6 Å². The van der Waals surface area contributed by atoms with E-state index in [1.54, 1.807) is 26.8 Å². The van der Waals surface area contributed by atoms with Crippen molar-refractivity contribution in [1.82, 2.24) is 19.5 Å². The maximum atomic E-state index is 14.9. The Hall–Kier alpha value is -4.88. The second kappa shape index (κ2) is 10.6. The van der Waals surface area contributed by atoms with E-state index >= 15 is 0 Å². The van der Waals surface area contributed by atoms with Crippen molar-refractivity contribution in [3.05, 3.63) is 71.0 Å². The summed E-state index contributed by atoms with van der Waals surface area (Å²) in [7, 11) is 0. The number of rotatable bonds is 4. The molecule has 5 rings (SSSR count). The molecular weight excluding hydrogens is 546 g/mol. The van der Waals surface area contributed by atoms with E-state index < -0.39 is 35.3 Å². The second-order valence-corrected chi connectivity index (χ2v) is 9.51. The number of nitrogens with one attached hydrogen (secondary N) is 2. The van der Waals surface area contributed by atoms with Crippen LogP contribution in [0.4, 0.5) is 33.9 Å². The minimum atomic E-state index is -4.67. The number of hydrogen-bond acceptors (Lipinski definition) is 7. The minimum absolute atomic E-state index is 0.0661. The van der Waals surface area contributed by atoms with Gasteiger partial charge in [-0.3, -0.25) is 9.78 Å². The molecular formula is C27H23F4N7O3. The van der Waals surface area contributed by atoms with Gasteiger partial charge < -0.3 is 19.9 Å². The smallest absolute Gasteiger partial charge is 0.437 e. The van der Waals surface area contributed by atoms with Gasteiger partial charge >= 0.3 is 12.3 Å². The average Bonchev–Trinajstić information content (AvgIpc) is 3.39. The maximum absolute atomic E-state index is 14.9. The number of benzene rings is 1. The van der Waals surface area contributed by atoms with Crippen LogP contribution in [0.25, 0.3) is 22.5 Å². The Morgan fingerprint density at radius 2 is 1.93 bits per heavy atom. The Labute approximate surface area is 230 Å². The first-order valence-corrected chi connectivity index (χ1v) is 12.5. The number of nitrogens with zero attached hydrogens (tertiary/aromatic N) is 5. The van der Waals surface area contributed by atoms with Crippen molar-refractivity contribution in [2.24, 2.45) is 4.99 Å². The summed E-state index contributed by atoms with van der Waals surface area (Å²) in [5, 5.41) is 5.61. The summed E-state index contributed by atoms with van der Waals surface area (Å²) in [6, 6.07) is 5.74. The Bertz CT molecular complexity index is 1720. The summed E-state index contributed by atoms with van der Waals surface area (Å²) in [6.45, 7) is 6.16. The van der Waals surface area contributed by atoms with Crippen LogP contribution < -0.4 is 16.3 Å². The van der Waals surface area contributed by atoms with Gasteiger partial charge in [0.1, 0.15) is 23.2 Å². The monoisotopic (exact) mass is 569 g/mol. The van der Waals surface area contributed by atoms with Gasteiger partial charge in [0, 0.05) is 36.6 Å². The van der Waals surface area contributed by atoms with Gasteiger partial charge in [0.05, 0.1) is 17.4 Å². The number of ether oxygens (including phenoxy) is 1. The van der Waals surface area contributed by atoms with E-state index in [-0.39, 0.29) is 17.4 Å². The molecule has 0 unspecified atom stereocenters. The molecule has 2 N–H and O–H groups in total. The van der Waals surface area contributed by atoms with Gasteiger partial charge in [-0.05, 0) is 62.2 Å². The first kappa shape index (κ1) is 27.7. The molecule has 212 valence electrons. The third-order valence-corrected chi connectivity index (χ3v) is 6.19. The zero-order valence-corrected chi connectivity index (χ0v) is 22.0. The Balaban J connectivity index is 1.54. The van der Waals surface area contributed by atoms with Crippen LogP contribution in [0.3, 0.4) is 0 Å². The third kappa shape index (κ3) is 5.71. The standard InChI is InChI=1S/C27H23F4N7O3/c1-13(2)41-26(40)37-25-34-12-15-9-18(23-33-6-7-38(23)22(15)36-25)17-11-20(19(28)8-14(17)3)35-24(39)21-10-16(4-5-32-21)27(29,30)31/h4-5,8-13,33H,6-7H2,1-3H3,(H,35,39). The highest BCUT2D eigenvalue weighted by atomic mass is 19.4. The molecule has 0 saturated heterocycles. The predicted octanol–water partition coefficient (Wildman–Crippen LogP) is 5.03. The molecule has 3 aliphatic rings. The number of fused-ring (bicyclic) bond motifs is 3. The van der Waals surface area contributed by atoms with Crippen LogP contribution in [-0.4, -0.2) is 44.2 Å². The minimum Gasteiger partial charge on any atom is -0.445 e. The van der Waals surface area contributed by atoms with Crippen molar-refractivity contribution in [3.63, 3.8) is 0 Å². The molecule has 4 heterocycles. The molecule has 2 amide bonds. The summed E-state index contributed by atoms with van der Waals surface area (Å²) in [5.41, 5.74) is 0.474. The lowest BCUT2D eigenvalue weighted by Crippen LogP contribution is -2.21. The summed E-state index contributed by atoms with van der Waals surface area (Å²) < 4.78 is 61.1. The highest BCUT2D eigenvalue weighted by Gasteiger charge is 2.31. The number of carbonyl (C=O) groups is 2. The average molecular weight is 570 g/mol. The van der Waals surface area contributed by atoms with Gasteiger partial charge in [0.15, 0.2) is 0 Å². The SMILES string of the molecule is Cc1cc(F)c(NC(=O)c2cc(C(F)(F)F)ccn2)cc1-c1cc2cnc(=NC(=O)OC(C)C)nc-2n2c1NCC2. The third-order valence-electron chi connectivity index (χ3n) is 6.19.